The molecule has 0 saturated heterocycles. The summed E-state index contributed by atoms with van der Waals surface area (Å²) in [6.45, 7) is 3.30. The zero-order chi connectivity index (χ0) is 15.5. The summed E-state index contributed by atoms with van der Waals surface area (Å²) < 4.78 is 27.6. The normalized spacial score (nSPS) is 13.1. The quantitative estimate of drug-likeness (QED) is 0.891. The van der Waals surface area contributed by atoms with Crippen LogP contribution in [-0.2, 0) is 10.0 Å². The lowest BCUT2D eigenvalue weighted by Crippen LogP contribution is -2.31. The van der Waals surface area contributed by atoms with E-state index in [1.807, 2.05) is 31.2 Å². The molecule has 112 valence electrons. The number of rotatable bonds is 5. The van der Waals surface area contributed by atoms with E-state index < -0.39 is 16.1 Å². The molecule has 0 aliphatic heterocycles. The fourth-order valence-electron chi connectivity index (χ4n) is 2.14. The molecule has 0 fully saturated rings. The zero-order valence-electron chi connectivity index (χ0n) is 12.1. The molecule has 0 saturated carbocycles. The second-order valence-corrected chi connectivity index (χ2v) is 6.72. The predicted octanol–water partition coefficient (Wildman–Crippen LogP) is 2.32. The van der Waals surface area contributed by atoms with Gasteiger partial charge >= 0.3 is 0 Å². The van der Waals surface area contributed by atoms with Gasteiger partial charge in [-0.1, -0.05) is 42.5 Å². The number of aliphatic hydroxyl groups is 1. The average Bonchev–Trinajstić information content (AvgIpc) is 2.48. The Hall–Kier alpha value is -1.69. The van der Waals surface area contributed by atoms with E-state index in [2.05, 4.69) is 4.72 Å². The molecule has 2 N–H and O–H groups in total. The van der Waals surface area contributed by atoms with Crippen LogP contribution in [0.1, 0.15) is 22.7 Å². The summed E-state index contributed by atoms with van der Waals surface area (Å²) in [6.07, 6.45) is 0. The van der Waals surface area contributed by atoms with Crippen LogP contribution in [0.15, 0.2) is 53.4 Å². The van der Waals surface area contributed by atoms with Crippen LogP contribution in [0, 0.1) is 13.8 Å². The van der Waals surface area contributed by atoms with E-state index in [9.17, 15) is 13.5 Å². The van der Waals surface area contributed by atoms with Crippen molar-refractivity contribution in [3.63, 3.8) is 0 Å². The van der Waals surface area contributed by atoms with Crippen molar-refractivity contribution < 1.29 is 13.5 Å². The van der Waals surface area contributed by atoms with Gasteiger partial charge in [0.25, 0.3) is 0 Å². The Morgan fingerprint density at radius 1 is 1.10 bits per heavy atom. The number of nitrogens with one attached hydrogen (secondary N) is 1. The molecule has 0 amide bonds. The van der Waals surface area contributed by atoms with Gasteiger partial charge in [-0.3, -0.25) is 0 Å². The van der Waals surface area contributed by atoms with Gasteiger partial charge < -0.3 is 5.11 Å². The maximum absolute atomic E-state index is 12.5. The Bertz CT molecular complexity index is 712. The standard InChI is InChI=1S/C16H19NO3S/c1-12-8-9-13(2)16(10-12)21(19,20)17-15(11-18)14-6-4-3-5-7-14/h3-10,15,17-18H,11H2,1-2H3. The van der Waals surface area contributed by atoms with E-state index >= 15 is 0 Å². The molecule has 21 heavy (non-hydrogen) atoms. The van der Waals surface area contributed by atoms with E-state index in [0.717, 1.165) is 11.1 Å². The second kappa shape index (κ2) is 6.39. The number of hydrogen-bond donors (Lipinski definition) is 2. The van der Waals surface area contributed by atoms with Crippen LogP contribution in [-0.4, -0.2) is 20.1 Å². The van der Waals surface area contributed by atoms with E-state index in [1.54, 1.807) is 31.2 Å². The highest BCUT2D eigenvalue weighted by Gasteiger charge is 2.22. The topological polar surface area (TPSA) is 66.4 Å². The van der Waals surface area contributed by atoms with Gasteiger partial charge in [0.1, 0.15) is 0 Å². The second-order valence-electron chi connectivity index (χ2n) is 5.04. The van der Waals surface area contributed by atoms with Gasteiger partial charge in [0.2, 0.25) is 10.0 Å². The lowest BCUT2D eigenvalue weighted by atomic mass is 10.1. The van der Waals surface area contributed by atoms with E-state index in [1.165, 1.54) is 0 Å². The van der Waals surface area contributed by atoms with Crippen molar-refractivity contribution in [1.82, 2.24) is 4.72 Å². The SMILES string of the molecule is Cc1ccc(C)c(S(=O)(=O)NC(CO)c2ccccc2)c1. The van der Waals surface area contributed by atoms with Crippen molar-refractivity contribution in [2.24, 2.45) is 0 Å². The van der Waals surface area contributed by atoms with Gasteiger partial charge in [0.05, 0.1) is 17.5 Å². The van der Waals surface area contributed by atoms with Crippen LogP contribution in [0.2, 0.25) is 0 Å². The van der Waals surface area contributed by atoms with Crippen LogP contribution in [0.25, 0.3) is 0 Å². The summed E-state index contributed by atoms with van der Waals surface area (Å²) in [5, 5.41) is 9.49. The average molecular weight is 305 g/mol. The largest absolute Gasteiger partial charge is 0.394 e. The maximum atomic E-state index is 12.5. The van der Waals surface area contributed by atoms with Crippen molar-refractivity contribution in [3.05, 3.63) is 65.2 Å². The Morgan fingerprint density at radius 3 is 2.38 bits per heavy atom. The molecule has 2 rings (SSSR count). The zero-order valence-corrected chi connectivity index (χ0v) is 12.9. The maximum Gasteiger partial charge on any atom is 0.241 e. The van der Waals surface area contributed by atoms with E-state index in [-0.39, 0.29) is 11.5 Å². The number of aliphatic hydroxyl groups excluding tert-OH is 1. The Kier molecular flexibility index (Phi) is 4.77. The minimum absolute atomic E-state index is 0.247. The first-order valence-electron chi connectivity index (χ1n) is 6.69. The Morgan fingerprint density at radius 2 is 1.76 bits per heavy atom. The minimum Gasteiger partial charge on any atom is -0.394 e. The van der Waals surface area contributed by atoms with E-state index in [0.29, 0.717) is 5.56 Å². The van der Waals surface area contributed by atoms with Crippen molar-refractivity contribution in [2.45, 2.75) is 24.8 Å². The molecular weight excluding hydrogens is 286 g/mol. The first-order chi connectivity index (χ1) is 9.94. The Balaban J connectivity index is 2.34. The lowest BCUT2D eigenvalue weighted by Gasteiger charge is -2.18. The van der Waals surface area contributed by atoms with Gasteiger partial charge in [0, 0.05) is 0 Å². The van der Waals surface area contributed by atoms with Crippen LogP contribution >= 0.6 is 0 Å². The van der Waals surface area contributed by atoms with Gasteiger partial charge in [0.15, 0.2) is 0 Å². The third-order valence-electron chi connectivity index (χ3n) is 3.32. The molecule has 2 aromatic rings. The first kappa shape index (κ1) is 15.7. The van der Waals surface area contributed by atoms with Crippen LogP contribution in [0.5, 0.6) is 0 Å². The Labute approximate surface area is 125 Å². The monoisotopic (exact) mass is 305 g/mol. The molecule has 0 spiro atoms. The summed E-state index contributed by atoms with van der Waals surface area (Å²) in [7, 11) is -3.68. The molecule has 0 radical (unpaired) electrons. The molecule has 0 aromatic heterocycles. The van der Waals surface area contributed by atoms with Crippen molar-refractivity contribution >= 4 is 10.0 Å². The lowest BCUT2D eigenvalue weighted by molar-refractivity contribution is 0.259. The summed E-state index contributed by atoms with van der Waals surface area (Å²) in [5.41, 5.74) is 2.29. The van der Waals surface area contributed by atoms with Crippen LogP contribution in [0.4, 0.5) is 0 Å². The molecular formula is C16H19NO3S. The molecule has 5 heteroatoms. The number of sulfonamides is 1. The molecule has 0 aliphatic rings. The van der Waals surface area contributed by atoms with Gasteiger partial charge in [-0.15, -0.1) is 0 Å². The molecule has 0 bridgehead atoms. The van der Waals surface area contributed by atoms with Crippen LogP contribution in [0.3, 0.4) is 0 Å². The van der Waals surface area contributed by atoms with Gasteiger partial charge in [-0.05, 0) is 36.6 Å². The summed E-state index contributed by atoms with van der Waals surface area (Å²) in [4.78, 5) is 0.247. The van der Waals surface area contributed by atoms with E-state index in [4.69, 9.17) is 0 Å². The highest BCUT2D eigenvalue weighted by molar-refractivity contribution is 7.89. The highest BCUT2D eigenvalue weighted by Crippen LogP contribution is 2.20. The summed E-state index contributed by atoms with van der Waals surface area (Å²) in [5.74, 6) is 0. The number of hydrogen-bond acceptors (Lipinski definition) is 3. The smallest absolute Gasteiger partial charge is 0.241 e. The molecule has 0 heterocycles. The first-order valence-corrected chi connectivity index (χ1v) is 8.18. The third kappa shape index (κ3) is 3.69. The van der Waals surface area contributed by atoms with Crippen molar-refractivity contribution in [1.29, 1.82) is 0 Å². The fourth-order valence-corrected chi connectivity index (χ4v) is 3.69. The fraction of sp³-hybridized carbons (Fsp3) is 0.250. The third-order valence-corrected chi connectivity index (χ3v) is 4.93. The number of aryl methyl sites for hydroxylation is 2. The molecule has 2 aromatic carbocycles. The molecule has 4 nitrogen and oxygen atoms in total. The van der Waals surface area contributed by atoms with Crippen LogP contribution < -0.4 is 4.72 Å². The van der Waals surface area contributed by atoms with Gasteiger partial charge in [-0.25, -0.2) is 13.1 Å². The van der Waals surface area contributed by atoms with Crippen molar-refractivity contribution in [3.8, 4) is 0 Å². The molecule has 0 aliphatic carbocycles. The van der Waals surface area contributed by atoms with Gasteiger partial charge in [-0.2, -0.15) is 0 Å². The predicted molar refractivity (Wildman–Crippen MR) is 82.5 cm³/mol. The van der Waals surface area contributed by atoms with Crippen molar-refractivity contribution in [2.75, 3.05) is 6.61 Å². The minimum atomic E-state index is -3.68. The summed E-state index contributed by atoms with van der Waals surface area (Å²) >= 11 is 0. The number of benzene rings is 2. The summed E-state index contributed by atoms with van der Waals surface area (Å²) in [6, 6.07) is 13.7. The molecule has 1 atom stereocenters. The highest BCUT2D eigenvalue weighted by atomic mass is 32.2. The molecule has 1 unspecified atom stereocenters.